The molecule has 6 aliphatic rings. The molecule has 5 fully saturated rings. The Kier molecular flexibility index (Phi) is 5.76. The molecule has 4 saturated carbocycles. The number of ether oxygens (including phenoxy) is 2. The fourth-order valence-electron chi connectivity index (χ4n) is 10.6. The lowest BCUT2D eigenvalue weighted by Crippen LogP contribution is -2.62. The van der Waals surface area contributed by atoms with E-state index >= 15 is 0 Å². The lowest BCUT2D eigenvalue weighted by Gasteiger charge is -2.67. The van der Waals surface area contributed by atoms with Gasteiger partial charge < -0.3 is 9.47 Å². The monoisotopic (exact) mass is 530 g/mol. The molecule has 1 aliphatic heterocycles. The molecule has 2 spiro atoms. The minimum Gasteiger partial charge on any atom is -0.349 e. The molecule has 5 aliphatic carbocycles. The largest absolute Gasteiger partial charge is 0.349 e. The van der Waals surface area contributed by atoms with E-state index in [0.29, 0.717) is 10.8 Å². The molecular formula is C35H50O2Si. The van der Waals surface area contributed by atoms with Crippen molar-refractivity contribution in [2.75, 3.05) is 13.2 Å². The fraction of sp³-hybridized carbons (Fsp3) is 0.771. The maximum absolute atomic E-state index is 6.64. The third-order valence-corrected chi connectivity index (χ3v) is 13.1. The lowest BCUT2D eigenvalue weighted by molar-refractivity contribution is -0.332. The molecule has 206 valence electrons. The fourth-order valence-corrected chi connectivity index (χ4v) is 11.1. The second kappa shape index (κ2) is 8.47. The Balaban J connectivity index is 1.29. The first kappa shape index (κ1) is 25.9. The summed E-state index contributed by atoms with van der Waals surface area (Å²) in [5.41, 5.74) is 9.32. The second-order valence-electron chi connectivity index (χ2n) is 16.6. The van der Waals surface area contributed by atoms with Crippen LogP contribution < -0.4 is 0 Å². The van der Waals surface area contributed by atoms with Crippen LogP contribution in [-0.4, -0.2) is 27.1 Å². The zero-order chi connectivity index (χ0) is 26.6. The van der Waals surface area contributed by atoms with E-state index in [9.17, 15) is 0 Å². The van der Waals surface area contributed by atoms with Gasteiger partial charge in [0.05, 0.1) is 13.2 Å². The van der Waals surface area contributed by atoms with Crippen LogP contribution in [0.2, 0.25) is 19.6 Å². The van der Waals surface area contributed by atoms with Crippen molar-refractivity contribution >= 4 is 8.07 Å². The molecule has 1 heterocycles. The van der Waals surface area contributed by atoms with Gasteiger partial charge >= 0.3 is 0 Å². The topological polar surface area (TPSA) is 18.5 Å². The molecule has 7 atom stereocenters. The highest BCUT2D eigenvalue weighted by Crippen LogP contribution is 2.73. The summed E-state index contributed by atoms with van der Waals surface area (Å²) in [5.74, 6) is 7.44. The van der Waals surface area contributed by atoms with E-state index in [1.54, 1.807) is 11.1 Å². The summed E-state index contributed by atoms with van der Waals surface area (Å²) in [4.78, 5) is 0. The van der Waals surface area contributed by atoms with Gasteiger partial charge in [-0.3, -0.25) is 0 Å². The third-order valence-electron chi connectivity index (χ3n) is 12.2. The van der Waals surface area contributed by atoms with Gasteiger partial charge in [0.15, 0.2) is 5.79 Å². The SMILES string of the molecule is CC1(C)COC2(CC[C@@]34Cc5cc(C#C[Si](C)(C)C)ccc5C5C[C@]6(C)CCC[C@H]6[C@H](CC[C@H]3C2)C54)OC1. The maximum atomic E-state index is 6.64. The van der Waals surface area contributed by atoms with Gasteiger partial charge in [0.25, 0.3) is 0 Å². The van der Waals surface area contributed by atoms with E-state index in [1.165, 1.54) is 56.9 Å². The van der Waals surface area contributed by atoms with Crippen molar-refractivity contribution in [1.82, 2.24) is 0 Å². The van der Waals surface area contributed by atoms with E-state index in [-0.39, 0.29) is 11.2 Å². The summed E-state index contributed by atoms with van der Waals surface area (Å²) < 4.78 is 13.3. The van der Waals surface area contributed by atoms with Gasteiger partial charge in [-0.25, -0.2) is 0 Å². The van der Waals surface area contributed by atoms with Crippen LogP contribution in [0.25, 0.3) is 0 Å². The Morgan fingerprint density at radius 2 is 1.71 bits per heavy atom. The van der Waals surface area contributed by atoms with E-state index in [1.807, 2.05) is 0 Å². The minimum atomic E-state index is -1.40. The second-order valence-corrected chi connectivity index (χ2v) is 21.4. The summed E-state index contributed by atoms with van der Waals surface area (Å²) in [6.07, 6.45) is 13.3. The molecule has 1 aromatic rings. The van der Waals surface area contributed by atoms with Gasteiger partial charge in [0.2, 0.25) is 0 Å². The van der Waals surface area contributed by atoms with Crippen LogP contribution in [0.4, 0.5) is 0 Å². The molecule has 3 heteroatoms. The lowest BCUT2D eigenvalue weighted by atomic mass is 9.38. The summed E-state index contributed by atoms with van der Waals surface area (Å²) in [7, 11) is -1.40. The van der Waals surface area contributed by atoms with Crippen molar-refractivity contribution in [1.29, 1.82) is 0 Å². The zero-order valence-corrected chi connectivity index (χ0v) is 25.9. The van der Waals surface area contributed by atoms with Crippen molar-refractivity contribution in [2.24, 2.45) is 39.9 Å². The van der Waals surface area contributed by atoms with Gasteiger partial charge in [-0.1, -0.05) is 58.8 Å². The van der Waals surface area contributed by atoms with Crippen molar-refractivity contribution in [2.45, 2.75) is 116 Å². The molecule has 2 unspecified atom stereocenters. The van der Waals surface area contributed by atoms with Crippen molar-refractivity contribution in [3.63, 3.8) is 0 Å². The average Bonchev–Trinajstić information content (AvgIpc) is 3.26. The van der Waals surface area contributed by atoms with Crippen LogP contribution in [0.5, 0.6) is 0 Å². The Morgan fingerprint density at radius 3 is 2.47 bits per heavy atom. The molecule has 0 N–H and O–H groups in total. The molecule has 1 saturated heterocycles. The van der Waals surface area contributed by atoms with Crippen molar-refractivity contribution in [3.8, 4) is 11.5 Å². The number of benzene rings is 1. The van der Waals surface area contributed by atoms with Gasteiger partial charge in [-0.05, 0) is 109 Å². The Hall–Kier alpha value is -1.08. The highest BCUT2D eigenvalue weighted by Gasteiger charge is 2.66. The summed E-state index contributed by atoms with van der Waals surface area (Å²) >= 11 is 0. The molecule has 38 heavy (non-hydrogen) atoms. The van der Waals surface area contributed by atoms with Gasteiger partial charge in [-0.2, -0.15) is 0 Å². The minimum absolute atomic E-state index is 0.135. The number of fused-ring (bicyclic) bond motifs is 4. The standard InChI is InChI=1S/C35H50O2Si/c1-32(2)22-36-35(37-23-32)16-15-34-19-25-18-24(13-17-38(4,5)6)9-11-27(25)29-21-33(3)14-7-8-30(33)28(31(29)34)12-10-26(34)20-35/h9,11,18,26,28-31H,7-8,10,12,14-16,19-23H2,1-6H3/t26-,28-,29?,30-,31?,33-,34+/m0/s1. The summed E-state index contributed by atoms with van der Waals surface area (Å²) in [6, 6.07) is 7.42. The average molecular weight is 531 g/mol. The predicted octanol–water partition coefficient (Wildman–Crippen LogP) is 8.35. The summed E-state index contributed by atoms with van der Waals surface area (Å²) in [5, 5.41) is 0. The molecular weight excluding hydrogens is 480 g/mol. The van der Waals surface area contributed by atoms with Crippen LogP contribution in [0.15, 0.2) is 18.2 Å². The first-order valence-electron chi connectivity index (χ1n) is 15.9. The Bertz CT molecular complexity index is 1170. The van der Waals surface area contributed by atoms with Crippen LogP contribution in [0.3, 0.4) is 0 Å². The van der Waals surface area contributed by atoms with Crippen LogP contribution >= 0.6 is 0 Å². The molecule has 0 radical (unpaired) electrons. The molecule has 0 bridgehead atoms. The number of rotatable bonds is 0. The first-order valence-corrected chi connectivity index (χ1v) is 19.4. The smallest absolute Gasteiger partial charge is 0.168 e. The Labute approximate surface area is 233 Å². The van der Waals surface area contributed by atoms with E-state index in [2.05, 4.69) is 70.1 Å². The van der Waals surface area contributed by atoms with Gasteiger partial charge in [-0.15, -0.1) is 5.54 Å². The maximum Gasteiger partial charge on any atom is 0.168 e. The molecule has 1 aromatic carbocycles. The molecule has 2 nitrogen and oxygen atoms in total. The van der Waals surface area contributed by atoms with E-state index < -0.39 is 8.07 Å². The molecule has 0 amide bonds. The predicted molar refractivity (Wildman–Crippen MR) is 158 cm³/mol. The zero-order valence-electron chi connectivity index (χ0n) is 24.9. The van der Waals surface area contributed by atoms with E-state index in [0.717, 1.165) is 55.6 Å². The Morgan fingerprint density at radius 1 is 0.921 bits per heavy atom. The highest BCUT2D eigenvalue weighted by atomic mass is 28.3. The third kappa shape index (κ3) is 4.02. The highest BCUT2D eigenvalue weighted by molar-refractivity contribution is 6.83. The van der Waals surface area contributed by atoms with Crippen molar-refractivity contribution < 1.29 is 9.47 Å². The van der Waals surface area contributed by atoms with Gasteiger partial charge in [0, 0.05) is 23.8 Å². The van der Waals surface area contributed by atoms with Crippen molar-refractivity contribution in [3.05, 3.63) is 34.9 Å². The quantitative estimate of drug-likeness (QED) is 0.248. The van der Waals surface area contributed by atoms with Gasteiger partial charge in [0.1, 0.15) is 8.07 Å². The normalized spacial score (nSPS) is 42.2. The van der Waals surface area contributed by atoms with Crippen LogP contribution in [0, 0.1) is 51.4 Å². The number of hydrogen-bond acceptors (Lipinski definition) is 2. The van der Waals surface area contributed by atoms with E-state index in [4.69, 9.17) is 9.47 Å². The first-order chi connectivity index (χ1) is 17.9. The number of hydrogen-bond donors (Lipinski definition) is 0. The molecule has 7 rings (SSSR count). The molecule has 0 aromatic heterocycles. The van der Waals surface area contributed by atoms with Crippen LogP contribution in [-0.2, 0) is 15.9 Å². The summed E-state index contributed by atoms with van der Waals surface area (Å²) in [6.45, 7) is 16.0. The van der Waals surface area contributed by atoms with Crippen LogP contribution in [0.1, 0.15) is 101 Å².